The molecule has 0 bridgehead atoms. The number of pyridine rings is 1. The normalized spacial score (nSPS) is 15.2. The summed E-state index contributed by atoms with van der Waals surface area (Å²) in [6, 6.07) is 7.33. The highest BCUT2D eigenvalue weighted by Crippen LogP contribution is 2.29. The Bertz CT molecular complexity index is 969. The van der Waals surface area contributed by atoms with Crippen LogP contribution in [0.3, 0.4) is 0 Å². The Labute approximate surface area is 155 Å². The van der Waals surface area contributed by atoms with Gasteiger partial charge in [0.2, 0.25) is 0 Å². The molecule has 3 aromatic heterocycles. The Morgan fingerprint density at radius 3 is 2.81 bits per heavy atom. The molecule has 1 aliphatic heterocycles. The first-order chi connectivity index (χ1) is 13.1. The van der Waals surface area contributed by atoms with Gasteiger partial charge in [0.25, 0.3) is 5.91 Å². The number of imidazole rings is 1. The maximum Gasteiger partial charge on any atom is 0.407 e. The highest BCUT2D eigenvalue weighted by molar-refractivity contribution is 5.91. The number of carbonyl (C=O) groups excluding carboxylic acids is 1. The van der Waals surface area contributed by atoms with Gasteiger partial charge in [-0.3, -0.25) is 4.79 Å². The molecular formula is C19H20N4O4. The van der Waals surface area contributed by atoms with Gasteiger partial charge in [-0.15, -0.1) is 0 Å². The van der Waals surface area contributed by atoms with Gasteiger partial charge in [0.15, 0.2) is 5.76 Å². The van der Waals surface area contributed by atoms with Gasteiger partial charge < -0.3 is 24.1 Å². The summed E-state index contributed by atoms with van der Waals surface area (Å²) in [5, 5.41) is 11.9. The zero-order chi connectivity index (χ0) is 18.8. The highest BCUT2D eigenvalue weighted by Gasteiger charge is 2.26. The molecule has 0 aliphatic carbocycles. The molecule has 0 radical (unpaired) electrons. The molecule has 2 N–H and O–H groups in total. The standard InChI is InChI=1S/C19H20N4O4/c24-18(21-12-13-3-7-22-10-6-20-17(22)11-13)16-2-1-15(27-16)14-4-8-23(9-5-14)19(25)26/h1-3,6-7,10-11,14H,4-5,8-9,12H2,(H,21,24)(H,25,26). The Balaban J connectivity index is 1.35. The van der Waals surface area contributed by atoms with E-state index in [0.29, 0.717) is 32.5 Å². The monoisotopic (exact) mass is 368 g/mol. The third-order valence-electron chi connectivity index (χ3n) is 4.93. The number of piperidine rings is 1. The van der Waals surface area contributed by atoms with Crippen LogP contribution in [0.15, 0.2) is 47.3 Å². The molecule has 1 fully saturated rings. The summed E-state index contributed by atoms with van der Waals surface area (Å²) in [6.45, 7) is 1.35. The number of rotatable bonds is 4. The minimum Gasteiger partial charge on any atom is -0.465 e. The summed E-state index contributed by atoms with van der Waals surface area (Å²) in [4.78, 5) is 29.0. The minimum atomic E-state index is -0.888. The number of amides is 2. The van der Waals surface area contributed by atoms with Crippen molar-refractivity contribution in [3.8, 4) is 0 Å². The Morgan fingerprint density at radius 1 is 1.22 bits per heavy atom. The van der Waals surface area contributed by atoms with Gasteiger partial charge in [0.05, 0.1) is 0 Å². The van der Waals surface area contributed by atoms with E-state index < -0.39 is 6.09 Å². The fourth-order valence-corrected chi connectivity index (χ4v) is 3.38. The smallest absolute Gasteiger partial charge is 0.407 e. The molecule has 140 valence electrons. The van der Waals surface area contributed by atoms with Gasteiger partial charge >= 0.3 is 6.09 Å². The lowest BCUT2D eigenvalue weighted by Crippen LogP contribution is -2.36. The van der Waals surface area contributed by atoms with Crippen molar-refractivity contribution < 1.29 is 19.1 Å². The zero-order valence-corrected chi connectivity index (χ0v) is 14.7. The van der Waals surface area contributed by atoms with Crippen molar-refractivity contribution in [1.29, 1.82) is 0 Å². The number of nitrogens with zero attached hydrogens (tertiary/aromatic N) is 3. The molecule has 0 spiro atoms. The van der Waals surface area contributed by atoms with E-state index in [4.69, 9.17) is 9.52 Å². The third kappa shape index (κ3) is 3.64. The van der Waals surface area contributed by atoms with Crippen LogP contribution in [0, 0.1) is 0 Å². The molecule has 8 heteroatoms. The first-order valence-electron chi connectivity index (χ1n) is 8.87. The van der Waals surface area contributed by atoms with E-state index in [0.717, 1.165) is 17.0 Å². The van der Waals surface area contributed by atoms with E-state index in [1.54, 1.807) is 12.3 Å². The van der Waals surface area contributed by atoms with Gasteiger partial charge in [-0.1, -0.05) is 0 Å². The van der Waals surface area contributed by atoms with Crippen LogP contribution in [0.25, 0.3) is 5.65 Å². The predicted molar refractivity (Wildman–Crippen MR) is 96.6 cm³/mol. The summed E-state index contributed by atoms with van der Waals surface area (Å²) in [6.07, 6.45) is 6.00. The lowest BCUT2D eigenvalue weighted by molar-refractivity contribution is 0.0919. The molecule has 27 heavy (non-hydrogen) atoms. The van der Waals surface area contributed by atoms with Crippen LogP contribution in [0.1, 0.15) is 40.6 Å². The predicted octanol–water partition coefficient (Wildman–Crippen LogP) is 2.71. The van der Waals surface area contributed by atoms with Gasteiger partial charge in [-0.2, -0.15) is 0 Å². The number of carbonyl (C=O) groups is 2. The first-order valence-corrected chi connectivity index (χ1v) is 8.87. The molecule has 4 rings (SSSR count). The summed E-state index contributed by atoms with van der Waals surface area (Å²) >= 11 is 0. The number of aromatic nitrogens is 2. The summed E-state index contributed by atoms with van der Waals surface area (Å²) in [5.41, 5.74) is 1.78. The van der Waals surface area contributed by atoms with E-state index in [-0.39, 0.29) is 17.6 Å². The van der Waals surface area contributed by atoms with Gasteiger partial charge in [0.1, 0.15) is 11.4 Å². The number of hydrogen-bond donors (Lipinski definition) is 2. The second kappa shape index (κ2) is 7.14. The van der Waals surface area contributed by atoms with Crippen molar-refractivity contribution in [1.82, 2.24) is 19.6 Å². The van der Waals surface area contributed by atoms with Crippen LogP contribution in [0.2, 0.25) is 0 Å². The molecule has 8 nitrogen and oxygen atoms in total. The van der Waals surface area contributed by atoms with Crippen LogP contribution in [-0.4, -0.2) is 44.5 Å². The average molecular weight is 368 g/mol. The van der Waals surface area contributed by atoms with Crippen molar-refractivity contribution >= 4 is 17.6 Å². The number of furan rings is 1. The third-order valence-corrected chi connectivity index (χ3v) is 4.93. The van der Waals surface area contributed by atoms with Crippen LogP contribution in [-0.2, 0) is 6.54 Å². The van der Waals surface area contributed by atoms with E-state index in [1.165, 1.54) is 4.90 Å². The summed E-state index contributed by atoms with van der Waals surface area (Å²) in [5.74, 6) is 0.883. The van der Waals surface area contributed by atoms with Gasteiger partial charge in [-0.05, 0) is 42.7 Å². The fraction of sp³-hybridized carbons (Fsp3) is 0.316. The van der Waals surface area contributed by atoms with E-state index in [9.17, 15) is 9.59 Å². The fourth-order valence-electron chi connectivity index (χ4n) is 3.38. The van der Waals surface area contributed by atoms with Crippen LogP contribution < -0.4 is 5.32 Å². The minimum absolute atomic E-state index is 0.144. The molecule has 1 saturated heterocycles. The lowest BCUT2D eigenvalue weighted by atomic mass is 9.95. The first kappa shape index (κ1) is 17.1. The SMILES string of the molecule is O=C(NCc1ccn2ccnc2c1)c1ccc(C2CCN(C(=O)O)CC2)o1. The van der Waals surface area contributed by atoms with Crippen LogP contribution >= 0.6 is 0 Å². The van der Waals surface area contributed by atoms with Crippen LogP contribution in [0.5, 0.6) is 0 Å². The summed E-state index contributed by atoms with van der Waals surface area (Å²) < 4.78 is 7.64. The van der Waals surface area contributed by atoms with Crippen molar-refractivity contribution in [2.45, 2.75) is 25.3 Å². The largest absolute Gasteiger partial charge is 0.465 e. The Hall–Kier alpha value is -3.29. The van der Waals surface area contributed by atoms with Gasteiger partial charge in [0, 0.05) is 44.1 Å². The summed E-state index contributed by atoms with van der Waals surface area (Å²) in [7, 11) is 0. The molecule has 2 amide bonds. The molecule has 4 heterocycles. The molecular weight excluding hydrogens is 348 g/mol. The molecule has 0 saturated carbocycles. The maximum atomic E-state index is 12.4. The number of likely N-dealkylation sites (tertiary alicyclic amines) is 1. The van der Waals surface area contributed by atoms with E-state index in [2.05, 4.69) is 10.3 Å². The molecule has 0 unspecified atom stereocenters. The topological polar surface area (TPSA) is 100 Å². The average Bonchev–Trinajstić information content (AvgIpc) is 3.35. The molecule has 0 atom stereocenters. The lowest BCUT2D eigenvalue weighted by Gasteiger charge is -2.28. The van der Waals surface area contributed by atoms with Crippen molar-refractivity contribution in [3.05, 3.63) is 59.9 Å². The second-order valence-corrected chi connectivity index (χ2v) is 6.66. The van der Waals surface area contributed by atoms with Crippen molar-refractivity contribution in [2.75, 3.05) is 13.1 Å². The zero-order valence-electron chi connectivity index (χ0n) is 14.7. The van der Waals surface area contributed by atoms with Crippen molar-refractivity contribution in [2.24, 2.45) is 0 Å². The molecule has 3 aromatic rings. The second-order valence-electron chi connectivity index (χ2n) is 6.66. The maximum absolute atomic E-state index is 12.4. The van der Waals surface area contributed by atoms with E-state index in [1.807, 2.05) is 35.0 Å². The number of carboxylic acid groups (broad SMARTS) is 1. The van der Waals surface area contributed by atoms with Crippen molar-refractivity contribution in [3.63, 3.8) is 0 Å². The molecule has 1 aliphatic rings. The number of fused-ring (bicyclic) bond motifs is 1. The Kier molecular flexibility index (Phi) is 4.53. The highest BCUT2D eigenvalue weighted by atomic mass is 16.4. The number of nitrogens with one attached hydrogen (secondary N) is 1. The molecule has 0 aromatic carbocycles. The Morgan fingerprint density at radius 2 is 2.04 bits per heavy atom. The van der Waals surface area contributed by atoms with E-state index >= 15 is 0 Å². The van der Waals surface area contributed by atoms with Crippen LogP contribution in [0.4, 0.5) is 4.79 Å². The van der Waals surface area contributed by atoms with Gasteiger partial charge in [-0.25, -0.2) is 9.78 Å². The number of hydrogen-bond acceptors (Lipinski definition) is 4. The quantitative estimate of drug-likeness (QED) is 0.737.